The first-order chi connectivity index (χ1) is 7.65. The molecule has 0 aliphatic heterocycles. The Kier molecular flexibility index (Phi) is 5.47. The van der Waals surface area contributed by atoms with Crippen molar-refractivity contribution in [3.63, 3.8) is 0 Å². The molecule has 0 aliphatic rings. The van der Waals surface area contributed by atoms with Crippen molar-refractivity contribution in [2.24, 2.45) is 0 Å². The third-order valence-electron chi connectivity index (χ3n) is 2.96. The van der Waals surface area contributed by atoms with E-state index in [4.69, 9.17) is 0 Å². The van der Waals surface area contributed by atoms with E-state index in [1.54, 1.807) is 0 Å². The van der Waals surface area contributed by atoms with Gasteiger partial charge in [-0.25, -0.2) is 0 Å². The van der Waals surface area contributed by atoms with Gasteiger partial charge in [0, 0.05) is 17.0 Å². The predicted octanol–water partition coefficient (Wildman–Crippen LogP) is 3.70. The molecular weight excluding hydrogens is 198 g/mol. The van der Waals surface area contributed by atoms with Gasteiger partial charge in [0.2, 0.25) is 0 Å². The zero-order valence-corrected chi connectivity index (χ0v) is 10.7. The zero-order valence-electron chi connectivity index (χ0n) is 10.7. The average molecular weight is 221 g/mol. The van der Waals surface area contributed by atoms with Crippen molar-refractivity contribution in [3.05, 3.63) is 29.1 Å². The number of hydrogen-bond donors (Lipinski definition) is 1. The second kappa shape index (κ2) is 6.64. The Morgan fingerprint density at radius 2 is 1.94 bits per heavy atom. The molecule has 0 amide bonds. The SMILES string of the molecule is CCCCCCC(O)c1ccc(C)nc1C. The maximum absolute atomic E-state index is 10.1. The summed E-state index contributed by atoms with van der Waals surface area (Å²) < 4.78 is 0. The van der Waals surface area contributed by atoms with Gasteiger partial charge in [0.1, 0.15) is 0 Å². The molecule has 2 nitrogen and oxygen atoms in total. The van der Waals surface area contributed by atoms with E-state index in [2.05, 4.69) is 11.9 Å². The Morgan fingerprint density at radius 1 is 1.19 bits per heavy atom. The van der Waals surface area contributed by atoms with Crippen LogP contribution in [-0.4, -0.2) is 10.1 Å². The highest BCUT2D eigenvalue weighted by atomic mass is 16.3. The van der Waals surface area contributed by atoms with Crippen molar-refractivity contribution in [1.82, 2.24) is 4.98 Å². The van der Waals surface area contributed by atoms with Gasteiger partial charge >= 0.3 is 0 Å². The first-order valence-electron chi connectivity index (χ1n) is 6.27. The van der Waals surface area contributed by atoms with Gasteiger partial charge in [0.05, 0.1) is 6.10 Å². The lowest BCUT2D eigenvalue weighted by atomic mass is 10.0. The standard InChI is InChI=1S/C14H23NO/c1-4-5-6-7-8-14(16)13-10-9-11(2)15-12(13)3/h9-10,14,16H,4-8H2,1-3H3. The van der Waals surface area contributed by atoms with Crippen LogP contribution in [0.25, 0.3) is 0 Å². The van der Waals surface area contributed by atoms with Gasteiger partial charge in [0.15, 0.2) is 0 Å². The number of nitrogens with zero attached hydrogens (tertiary/aromatic N) is 1. The van der Waals surface area contributed by atoms with Gasteiger partial charge in [-0.3, -0.25) is 4.98 Å². The summed E-state index contributed by atoms with van der Waals surface area (Å²) in [5.41, 5.74) is 2.96. The number of unbranched alkanes of at least 4 members (excludes halogenated alkanes) is 3. The fourth-order valence-corrected chi connectivity index (χ4v) is 1.97. The highest BCUT2D eigenvalue weighted by molar-refractivity contribution is 5.23. The van der Waals surface area contributed by atoms with E-state index in [0.29, 0.717) is 0 Å². The molecule has 1 rings (SSSR count). The molecule has 0 aliphatic carbocycles. The summed E-state index contributed by atoms with van der Waals surface area (Å²) >= 11 is 0. The first-order valence-corrected chi connectivity index (χ1v) is 6.27. The number of hydrogen-bond acceptors (Lipinski definition) is 2. The maximum atomic E-state index is 10.1. The van der Waals surface area contributed by atoms with E-state index in [1.165, 1.54) is 19.3 Å². The van der Waals surface area contributed by atoms with Crippen LogP contribution < -0.4 is 0 Å². The van der Waals surface area contributed by atoms with Crippen LogP contribution >= 0.6 is 0 Å². The van der Waals surface area contributed by atoms with Crippen LogP contribution in [0.1, 0.15) is 62.1 Å². The molecule has 90 valence electrons. The molecule has 1 N–H and O–H groups in total. The van der Waals surface area contributed by atoms with Crippen molar-refractivity contribution in [1.29, 1.82) is 0 Å². The lowest BCUT2D eigenvalue weighted by Gasteiger charge is -2.13. The van der Waals surface area contributed by atoms with Crippen molar-refractivity contribution in [3.8, 4) is 0 Å². The Labute approximate surface area is 98.7 Å². The molecule has 16 heavy (non-hydrogen) atoms. The summed E-state index contributed by atoms with van der Waals surface area (Å²) in [6, 6.07) is 3.97. The second-order valence-electron chi connectivity index (χ2n) is 4.49. The highest BCUT2D eigenvalue weighted by Crippen LogP contribution is 2.22. The summed E-state index contributed by atoms with van der Waals surface area (Å²) in [4.78, 5) is 4.38. The minimum Gasteiger partial charge on any atom is -0.388 e. The lowest BCUT2D eigenvalue weighted by molar-refractivity contribution is 0.162. The summed E-state index contributed by atoms with van der Waals surface area (Å²) in [5.74, 6) is 0. The molecule has 0 aromatic carbocycles. The second-order valence-corrected chi connectivity index (χ2v) is 4.49. The molecule has 0 saturated carbocycles. The van der Waals surface area contributed by atoms with Gasteiger partial charge in [-0.2, -0.15) is 0 Å². The Hall–Kier alpha value is -0.890. The summed E-state index contributed by atoms with van der Waals surface area (Å²) in [5, 5.41) is 10.1. The summed E-state index contributed by atoms with van der Waals surface area (Å²) in [7, 11) is 0. The number of aliphatic hydroxyl groups is 1. The number of pyridine rings is 1. The van der Waals surface area contributed by atoms with Crippen LogP contribution in [0, 0.1) is 13.8 Å². The number of aromatic nitrogens is 1. The Bertz CT molecular complexity index is 323. The van der Waals surface area contributed by atoms with Crippen molar-refractivity contribution >= 4 is 0 Å². The van der Waals surface area contributed by atoms with E-state index < -0.39 is 0 Å². The van der Waals surface area contributed by atoms with Crippen LogP contribution in [0.2, 0.25) is 0 Å². The maximum Gasteiger partial charge on any atom is 0.0807 e. The van der Waals surface area contributed by atoms with Crippen molar-refractivity contribution in [2.75, 3.05) is 0 Å². The fraction of sp³-hybridized carbons (Fsp3) is 0.643. The van der Waals surface area contributed by atoms with Crippen molar-refractivity contribution in [2.45, 2.75) is 59.0 Å². The van der Waals surface area contributed by atoms with Crippen LogP contribution in [0.4, 0.5) is 0 Å². The number of rotatable bonds is 6. The molecule has 1 aromatic rings. The first kappa shape index (κ1) is 13.2. The number of aryl methyl sites for hydroxylation is 2. The Balaban J connectivity index is 2.49. The van der Waals surface area contributed by atoms with Crippen LogP contribution in [0.5, 0.6) is 0 Å². The van der Waals surface area contributed by atoms with Gasteiger partial charge in [0.25, 0.3) is 0 Å². The zero-order chi connectivity index (χ0) is 12.0. The molecule has 0 radical (unpaired) electrons. The largest absolute Gasteiger partial charge is 0.388 e. The summed E-state index contributed by atoms with van der Waals surface area (Å²) in [6.07, 6.45) is 5.32. The van der Waals surface area contributed by atoms with E-state index >= 15 is 0 Å². The fourth-order valence-electron chi connectivity index (χ4n) is 1.97. The minimum atomic E-state index is -0.343. The van der Waals surface area contributed by atoms with Gasteiger partial charge in [-0.15, -0.1) is 0 Å². The molecule has 1 heterocycles. The smallest absolute Gasteiger partial charge is 0.0807 e. The molecule has 1 unspecified atom stereocenters. The molecule has 0 saturated heterocycles. The van der Waals surface area contributed by atoms with Crippen molar-refractivity contribution < 1.29 is 5.11 Å². The van der Waals surface area contributed by atoms with E-state index in [0.717, 1.165) is 29.8 Å². The summed E-state index contributed by atoms with van der Waals surface area (Å²) in [6.45, 7) is 6.15. The molecule has 1 aromatic heterocycles. The molecule has 0 fully saturated rings. The number of aliphatic hydroxyl groups excluding tert-OH is 1. The van der Waals surface area contributed by atoms with Crippen LogP contribution in [-0.2, 0) is 0 Å². The van der Waals surface area contributed by atoms with Gasteiger partial charge in [-0.05, 0) is 26.3 Å². The normalized spacial score (nSPS) is 12.8. The molecule has 0 bridgehead atoms. The highest BCUT2D eigenvalue weighted by Gasteiger charge is 2.10. The minimum absolute atomic E-state index is 0.343. The monoisotopic (exact) mass is 221 g/mol. The quantitative estimate of drug-likeness (QED) is 0.743. The molecule has 0 spiro atoms. The molecular formula is C14H23NO. The van der Waals surface area contributed by atoms with E-state index in [9.17, 15) is 5.11 Å². The average Bonchev–Trinajstić information content (AvgIpc) is 2.24. The molecule has 2 heteroatoms. The van der Waals surface area contributed by atoms with E-state index in [1.807, 2.05) is 26.0 Å². The van der Waals surface area contributed by atoms with Gasteiger partial charge in [-0.1, -0.05) is 38.7 Å². The topological polar surface area (TPSA) is 33.1 Å². The molecule has 1 atom stereocenters. The predicted molar refractivity (Wildman–Crippen MR) is 67.4 cm³/mol. The lowest BCUT2D eigenvalue weighted by Crippen LogP contribution is -2.02. The van der Waals surface area contributed by atoms with Crippen LogP contribution in [0.15, 0.2) is 12.1 Å². The van der Waals surface area contributed by atoms with E-state index in [-0.39, 0.29) is 6.10 Å². The van der Waals surface area contributed by atoms with Crippen LogP contribution in [0.3, 0.4) is 0 Å². The third-order valence-corrected chi connectivity index (χ3v) is 2.96. The Morgan fingerprint density at radius 3 is 2.56 bits per heavy atom. The van der Waals surface area contributed by atoms with Gasteiger partial charge < -0.3 is 5.11 Å². The third kappa shape index (κ3) is 3.93.